The first kappa shape index (κ1) is 11.0. The summed E-state index contributed by atoms with van der Waals surface area (Å²) in [5.41, 5.74) is -4.11. The van der Waals surface area contributed by atoms with Crippen molar-refractivity contribution in [1.82, 2.24) is 4.98 Å². The Morgan fingerprint density at radius 1 is 1.53 bits per heavy atom. The standard InChI is InChI=1S/C7H4F2N2O4/c8-6(9)3-1-10-7(13)5(11(14)15)4(3)2-12/h1-2,6H,(H,10,13). The number of aromatic nitrogens is 1. The summed E-state index contributed by atoms with van der Waals surface area (Å²) in [6, 6.07) is 0. The lowest BCUT2D eigenvalue weighted by Gasteiger charge is -2.02. The van der Waals surface area contributed by atoms with Gasteiger partial charge in [0.15, 0.2) is 6.29 Å². The topological polar surface area (TPSA) is 93.1 Å². The Balaban J connectivity index is 3.62. The highest BCUT2D eigenvalue weighted by molar-refractivity contribution is 5.83. The van der Waals surface area contributed by atoms with Gasteiger partial charge >= 0.3 is 11.2 Å². The van der Waals surface area contributed by atoms with Gasteiger partial charge in [0, 0.05) is 6.20 Å². The Morgan fingerprint density at radius 3 is 2.53 bits per heavy atom. The van der Waals surface area contributed by atoms with Gasteiger partial charge in [-0.05, 0) is 0 Å². The Kier molecular flexibility index (Phi) is 2.88. The molecular weight excluding hydrogens is 214 g/mol. The molecule has 8 heteroatoms. The number of pyridine rings is 1. The molecule has 0 radical (unpaired) electrons. The van der Waals surface area contributed by atoms with Crippen molar-refractivity contribution in [3.8, 4) is 0 Å². The number of nitrogens with one attached hydrogen (secondary N) is 1. The van der Waals surface area contributed by atoms with Crippen molar-refractivity contribution >= 4 is 12.0 Å². The van der Waals surface area contributed by atoms with E-state index in [0.29, 0.717) is 6.20 Å². The van der Waals surface area contributed by atoms with Crippen LogP contribution in [0.25, 0.3) is 0 Å². The molecule has 1 rings (SSSR count). The summed E-state index contributed by atoms with van der Waals surface area (Å²) in [6.45, 7) is 0. The number of aromatic amines is 1. The quantitative estimate of drug-likeness (QED) is 0.465. The summed E-state index contributed by atoms with van der Waals surface area (Å²) in [6.07, 6.45) is -2.61. The summed E-state index contributed by atoms with van der Waals surface area (Å²) in [5, 5.41) is 10.4. The van der Waals surface area contributed by atoms with Crippen LogP contribution >= 0.6 is 0 Å². The fourth-order valence-corrected chi connectivity index (χ4v) is 1.03. The first-order valence-corrected chi connectivity index (χ1v) is 3.62. The van der Waals surface area contributed by atoms with Crippen molar-refractivity contribution in [2.45, 2.75) is 6.43 Å². The van der Waals surface area contributed by atoms with Crippen LogP contribution < -0.4 is 5.56 Å². The van der Waals surface area contributed by atoms with Gasteiger partial charge in [-0.15, -0.1) is 0 Å². The molecule has 1 heterocycles. The van der Waals surface area contributed by atoms with Crippen molar-refractivity contribution in [3.05, 3.63) is 37.8 Å². The molecule has 0 aliphatic heterocycles. The average Bonchev–Trinajstić information content (AvgIpc) is 2.15. The molecule has 0 aliphatic rings. The first-order valence-electron chi connectivity index (χ1n) is 3.62. The molecular formula is C7H4F2N2O4. The van der Waals surface area contributed by atoms with E-state index in [2.05, 4.69) is 0 Å². The smallest absolute Gasteiger partial charge is 0.323 e. The van der Waals surface area contributed by atoms with Gasteiger partial charge < -0.3 is 4.98 Å². The third kappa shape index (κ3) is 1.87. The van der Waals surface area contributed by atoms with E-state index in [4.69, 9.17) is 0 Å². The van der Waals surface area contributed by atoms with Crippen LogP contribution in [0.3, 0.4) is 0 Å². The molecule has 0 amide bonds. The fraction of sp³-hybridized carbons (Fsp3) is 0.143. The lowest BCUT2D eigenvalue weighted by molar-refractivity contribution is -0.386. The molecule has 0 bridgehead atoms. The Labute approximate surface area is 80.7 Å². The number of carbonyl (C=O) groups is 1. The molecule has 6 nitrogen and oxygen atoms in total. The summed E-state index contributed by atoms with van der Waals surface area (Å²) in [4.78, 5) is 32.3. The molecule has 15 heavy (non-hydrogen) atoms. The molecule has 1 N–H and O–H groups in total. The normalized spacial score (nSPS) is 10.3. The fourth-order valence-electron chi connectivity index (χ4n) is 1.03. The lowest BCUT2D eigenvalue weighted by atomic mass is 10.1. The van der Waals surface area contributed by atoms with Gasteiger partial charge in [-0.3, -0.25) is 19.7 Å². The molecule has 1 aromatic rings. The number of H-pyrrole nitrogens is 1. The number of carbonyl (C=O) groups excluding carboxylic acids is 1. The predicted octanol–water partition coefficient (Wildman–Crippen LogP) is 1.03. The van der Waals surface area contributed by atoms with E-state index >= 15 is 0 Å². The zero-order chi connectivity index (χ0) is 11.6. The van der Waals surface area contributed by atoms with Gasteiger partial charge in [0.05, 0.1) is 10.5 Å². The molecule has 0 aromatic carbocycles. The number of nitro groups is 1. The maximum atomic E-state index is 12.3. The number of rotatable bonds is 3. The maximum absolute atomic E-state index is 12.3. The SMILES string of the molecule is O=Cc1c(C(F)F)c[nH]c(=O)c1[N+](=O)[O-]. The third-order valence-electron chi connectivity index (χ3n) is 1.68. The molecule has 1 aromatic heterocycles. The number of hydrogen-bond donors (Lipinski definition) is 1. The molecule has 0 aliphatic carbocycles. The highest BCUT2D eigenvalue weighted by Gasteiger charge is 2.26. The number of hydrogen-bond acceptors (Lipinski definition) is 4. The first-order chi connectivity index (χ1) is 6.99. The molecule has 0 spiro atoms. The van der Waals surface area contributed by atoms with Crippen molar-refractivity contribution in [2.75, 3.05) is 0 Å². The maximum Gasteiger partial charge on any atom is 0.344 e. The number of halogens is 2. The highest BCUT2D eigenvalue weighted by atomic mass is 19.3. The van der Waals surface area contributed by atoms with Crippen LogP contribution in [0.15, 0.2) is 11.0 Å². The second kappa shape index (κ2) is 3.95. The Morgan fingerprint density at radius 2 is 2.13 bits per heavy atom. The van der Waals surface area contributed by atoms with E-state index in [1.54, 1.807) is 4.98 Å². The van der Waals surface area contributed by atoms with E-state index < -0.39 is 33.7 Å². The van der Waals surface area contributed by atoms with Crippen LogP contribution in [-0.4, -0.2) is 16.2 Å². The van der Waals surface area contributed by atoms with Crippen LogP contribution in [-0.2, 0) is 0 Å². The van der Waals surface area contributed by atoms with Gasteiger partial charge in [0.25, 0.3) is 6.43 Å². The minimum Gasteiger partial charge on any atom is -0.323 e. The third-order valence-corrected chi connectivity index (χ3v) is 1.68. The van der Waals surface area contributed by atoms with Crippen LogP contribution in [0.1, 0.15) is 22.3 Å². The van der Waals surface area contributed by atoms with Gasteiger partial charge in [0.2, 0.25) is 0 Å². The largest absolute Gasteiger partial charge is 0.344 e. The zero-order valence-corrected chi connectivity index (χ0v) is 7.07. The average molecular weight is 218 g/mol. The van der Waals surface area contributed by atoms with E-state index in [1.165, 1.54) is 0 Å². The lowest BCUT2D eigenvalue weighted by Crippen LogP contribution is -2.16. The van der Waals surface area contributed by atoms with Crippen molar-refractivity contribution in [2.24, 2.45) is 0 Å². The zero-order valence-electron chi connectivity index (χ0n) is 7.07. The van der Waals surface area contributed by atoms with E-state index in [0.717, 1.165) is 0 Å². The Bertz CT molecular complexity index is 469. The molecule has 0 saturated heterocycles. The van der Waals surface area contributed by atoms with Crippen LogP contribution in [0.2, 0.25) is 0 Å². The van der Waals surface area contributed by atoms with Crippen LogP contribution in [0.4, 0.5) is 14.5 Å². The van der Waals surface area contributed by atoms with Crippen LogP contribution in [0, 0.1) is 10.1 Å². The van der Waals surface area contributed by atoms with E-state index in [1.807, 2.05) is 0 Å². The molecule has 0 atom stereocenters. The minimum atomic E-state index is -3.07. The van der Waals surface area contributed by atoms with E-state index in [9.17, 15) is 28.5 Å². The van der Waals surface area contributed by atoms with Crippen LogP contribution in [0.5, 0.6) is 0 Å². The summed E-state index contributed by atoms with van der Waals surface area (Å²) in [7, 11) is 0. The highest BCUT2D eigenvalue weighted by Crippen LogP contribution is 2.24. The molecule has 0 unspecified atom stereocenters. The number of nitrogens with zero attached hydrogens (tertiary/aromatic N) is 1. The molecule has 0 saturated carbocycles. The number of alkyl halides is 2. The molecule has 80 valence electrons. The van der Waals surface area contributed by atoms with Gasteiger partial charge in [0.1, 0.15) is 5.56 Å². The minimum absolute atomic E-state index is 0.130. The summed E-state index contributed by atoms with van der Waals surface area (Å²) in [5.74, 6) is 0. The predicted molar refractivity (Wildman–Crippen MR) is 44.1 cm³/mol. The van der Waals surface area contributed by atoms with Crippen molar-refractivity contribution in [3.63, 3.8) is 0 Å². The van der Waals surface area contributed by atoms with Crippen molar-refractivity contribution in [1.29, 1.82) is 0 Å². The monoisotopic (exact) mass is 218 g/mol. The molecule has 0 fully saturated rings. The van der Waals surface area contributed by atoms with E-state index in [-0.39, 0.29) is 6.29 Å². The Hall–Kier alpha value is -2.12. The second-order valence-electron chi connectivity index (χ2n) is 2.51. The second-order valence-corrected chi connectivity index (χ2v) is 2.51. The number of aldehydes is 1. The summed E-state index contributed by atoms with van der Waals surface area (Å²) < 4.78 is 24.6. The van der Waals surface area contributed by atoms with Gasteiger partial charge in [-0.2, -0.15) is 0 Å². The van der Waals surface area contributed by atoms with Crippen molar-refractivity contribution < 1.29 is 18.5 Å². The van der Waals surface area contributed by atoms with Gasteiger partial charge in [-0.1, -0.05) is 0 Å². The van der Waals surface area contributed by atoms with Gasteiger partial charge in [-0.25, -0.2) is 8.78 Å². The summed E-state index contributed by atoms with van der Waals surface area (Å²) >= 11 is 0.